The van der Waals surface area contributed by atoms with Gasteiger partial charge >= 0.3 is 0 Å². The van der Waals surface area contributed by atoms with Gasteiger partial charge in [0.2, 0.25) is 0 Å². The van der Waals surface area contributed by atoms with Crippen LogP contribution in [-0.2, 0) is 16.9 Å². The SMILES string of the molecule is CCS(=O)(=O)CCCC(=O)c1cnn(C)c1. The van der Waals surface area contributed by atoms with Gasteiger partial charge in [0.05, 0.1) is 17.5 Å². The van der Waals surface area contributed by atoms with Gasteiger partial charge in [-0.05, 0) is 6.42 Å². The highest BCUT2D eigenvalue weighted by atomic mass is 32.2. The maximum absolute atomic E-state index is 11.6. The van der Waals surface area contributed by atoms with E-state index in [0.717, 1.165) is 0 Å². The van der Waals surface area contributed by atoms with Gasteiger partial charge in [0.15, 0.2) is 5.78 Å². The normalized spacial score (nSPS) is 11.6. The summed E-state index contributed by atoms with van der Waals surface area (Å²) in [6, 6.07) is 0. The van der Waals surface area contributed by atoms with Crippen LogP contribution in [0.15, 0.2) is 12.4 Å². The Kier molecular flexibility index (Phi) is 4.23. The van der Waals surface area contributed by atoms with Crippen LogP contribution in [0.5, 0.6) is 0 Å². The largest absolute Gasteiger partial charge is 0.294 e. The molecule has 0 amide bonds. The Morgan fingerprint density at radius 1 is 1.50 bits per heavy atom. The number of Topliss-reactive ketones (excluding diaryl/α,β-unsaturated/α-hetero) is 1. The van der Waals surface area contributed by atoms with Crippen molar-refractivity contribution in [2.45, 2.75) is 19.8 Å². The van der Waals surface area contributed by atoms with Gasteiger partial charge in [0, 0.05) is 25.4 Å². The van der Waals surface area contributed by atoms with Crippen molar-refractivity contribution in [3.63, 3.8) is 0 Å². The molecular formula is C10H16N2O3S. The lowest BCUT2D eigenvalue weighted by molar-refractivity contribution is 0.0982. The van der Waals surface area contributed by atoms with Gasteiger partial charge in [0.25, 0.3) is 0 Å². The Morgan fingerprint density at radius 2 is 2.19 bits per heavy atom. The maximum atomic E-state index is 11.6. The van der Waals surface area contributed by atoms with Crippen molar-refractivity contribution in [3.05, 3.63) is 18.0 Å². The summed E-state index contributed by atoms with van der Waals surface area (Å²) >= 11 is 0. The number of rotatable bonds is 6. The van der Waals surface area contributed by atoms with E-state index in [0.29, 0.717) is 12.0 Å². The molecule has 6 heteroatoms. The van der Waals surface area contributed by atoms with Crippen LogP contribution in [0.1, 0.15) is 30.1 Å². The van der Waals surface area contributed by atoms with E-state index in [4.69, 9.17) is 0 Å². The average Bonchev–Trinajstić information content (AvgIpc) is 2.64. The molecule has 0 bridgehead atoms. The summed E-state index contributed by atoms with van der Waals surface area (Å²) in [5.41, 5.74) is 0.538. The molecule has 0 aliphatic heterocycles. The van der Waals surface area contributed by atoms with Gasteiger partial charge in [-0.25, -0.2) is 8.42 Å². The molecule has 0 saturated heterocycles. The molecule has 0 spiro atoms. The van der Waals surface area contributed by atoms with E-state index < -0.39 is 9.84 Å². The number of aryl methyl sites for hydroxylation is 1. The van der Waals surface area contributed by atoms with Crippen LogP contribution in [0.4, 0.5) is 0 Å². The molecule has 0 aliphatic carbocycles. The highest BCUT2D eigenvalue weighted by Gasteiger charge is 2.11. The lowest BCUT2D eigenvalue weighted by Crippen LogP contribution is -2.10. The number of hydrogen-bond acceptors (Lipinski definition) is 4. The number of ketones is 1. The minimum Gasteiger partial charge on any atom is -0.294 e. The lowest BCUT2D eigenvalue weighted by Gasteiger charge is -1.99. The molecule has 1 rings (SSSR count). The van der Waals surface area contributed by atoms with E-state index in [1.54, 1.807) is 24.9 Å². The molecule has 0 fully saturated rings. The Morgan fingerprint density at radius 3 is 2.69 bits per heavy atom. The molecule has 0 radical (unpaired) electrons. The second-order valence-corrected chi connectivity index (χ2v) is 6.14. The molecule has 0 unspecified atom stereocenters. The van der Waals surface area contributed by atoms with Crippen molar-refractivity contribution >= 4 is 15.6 Å². The predicted molar refractivity (Wildman–Crippen MR) is 61.1 cm³/mol. The zero-order valence-electron chi connectivity index (χ0n) is 9.51. The van der Waals surface area contributed by atoms with Crippen molar-refractivity contribution in [1.29, 1.82) is 0 Å². The third kappa shape index (κ3) is 3.77. The number of hydrogen-bond donors (Lipinski definition) is 0. The fraction of sp³-hybridized carbons (Fsp3) is 0.600. The zero-order chi connectivity index (χ0) is 12.2. The van der Waals surface area contributed by atoms with Crippen LogP contribution in [-0.4, -0.2) is 35.5 Å². The number of nitrogens with zero attached hydrogens (tertiary/aromatic N) is 2. The molecule has 1 aromatic rings. The molecule has 0 N–H and O–H groups in total. The highest BCUT2D eigenvalue weighted by Crippen LogP contribution is 2.05. The van der Waals surface area contributed by atoms with Gasteiger partial charge in [-0.3, -0.25) is 9.48 Å². The quantitative estimate of drug-likeness (QED) is 0.695. The monoisotopic (exact) mass is 244 g/mol. The molecule has 16 heavy (non-hydrogen) atoms. The van der Waals surface area contributed by atoms with Gasteiger partial charge < -0.3 is 0 Å². The van der Waals surface area contributed by atoms with Crippen LogP contribution < -0.4 is 0 Å². The van der Waals surface area contributed by atoms with Gasteiger partial charge in [-0.1, -0.05) is 6.92 Å². The summed E-state index contributed by atoms with van der Waals surface area (Å²) in [5.74, 6) is 0.156. The van der Waals surface area contributed by atoms with Crippen LogP contribution >= 0.6 is 0 Å². The average molecular weight is 244 g/mol. The third-order valence-corrected chi connectivity index (χ3v) is 4.12. The van der Waals surface area contributed by atoms with Crippen molar-refractivity contribution in [1.82, 2.24) is 9.78 Å². The Bertz CT molecular complexity index is 462. The fourth-order valence-electron chi connectivity index (χ4n) is 1.31. The summed E-state index contributed by atoms with van der Waals surface area (Å²) in [5, 5.41) is 3.89. The van der Waals surface area contributed by atoms with Crippen LogP contribution in [0.2, 0.25) is 0 Å². The Hall–Kier alpha value is -1.17. The fourth-order valence-corrected chi connectivity index (χ4v) is 2.18. The standard InChI is InChI=1S/C10H16N2O3S/c1-3-16(14,15)6-4-5-10(13)9-7-11-12(2)8-9/h7-8H,3-6H2,1-2H3. The van der Waals surface area contributed by atoms with Crippen LogP contribution in [0, 0.1) is 0 Å². The predicted octanol–water partition coefficient (Wildman–Crippen LogP) is 0.818. The molecular weight excluding hydrogens is 228 g/mol. The second-order valence-electron chi connectivity index (χ2n) is 3.67. The minimum atomic E-state index is -2.97. The summed E-state index contributed by atoms with van der Waals surface area (Å²) in [7, 11) is -1.23. The summed E-state index contributed by atoms with van der Waals surface area (Å²) < 4.78 is 23.9. The first-order valence-electron chi connectivity index (χ1n) is 5.17. The molecule has 5 nitrogen and oxygen atoms in total. The van der Waals surface area contributed by atoms with E-state index >= 15 is 0 Å². The van der Waals surface area contributed by atoms with Crippen molar-refractivity contribution in [2.24, 2.45) is 7.05 Å². The first-order valence-corrected chi connectivity index (χ1v) is 6.99. The summed E-state index contributed by atoms with van der Waals surface area (Å²) in [6.45, 7) is 1.61. The van der Waals surface area contributed by atoms with Crippen molar-refractivity contribution in [3.8, 4) is 0 Å². The van der Waals surface area contributed by atoms with E-state index in [-0.39, 0.29) is 23.7 Å². The Balaban J connectivity index is 2.43. The van der Waals surface area contributed by atoms with Gasteiger partial charge in [0.1, 0.15) is 9.84 Å². The lowest BCUT2D eigenvalue weighted by atomic mass is 10.1. The van der Waals surface area contributed by atoms with E-state index in [2.05, 4.69) is 5.10 Å². The summed E-state index contributed by atoms with van der Waals surface area (Å²) in [6.07, 6.45) is 3.77. The van der Waals surface area contributed by atoms with E-state index in [1.807, 2.05) is 0 Å². The third-order valence-electron chi connectivity index (χ3n) is 2.33. The number of sulfone groups is 1. The zero-order valence-corrected chi connectivity index (χ0v) is 10.3. The van der Waals surface area contributed by atoms with Gasteiger partial charge in [-0.2, -0.15) is 5.10 Å². The van der Waals surface area contributed by atoms with E-state index in [1.165, 1.54) is 6.20 Å². The van der Waals surface area contributed by atoms with Gasteiger partial charge in [-0.15, -0.1) is 0 Å². The molecule has 90 valence electrons. The molecule has 0 saturated carbocycles. The maximum Gasteiger partial charge on any atom is 0.166 e. The van der Waals surface area contributed by atoms with Crippen LogP contribution in [0.25, 0.3) is 0 Å². The molecule has 1 aromatic heterocycles. The number of carbonyl (C=O) groups is 1. The second kappa shape index (κ2) is 5.25. The minimum absolute atomic E-state index is 0.0561. The molecule has 0 aromatic carbocycles. The van der Waals surface area contributed by atoms with Crippen molar-refractivity contribution < 1.29 is 13.2 Å². The van der Waals surface area contributed by atoms with Crippen molar-refractivity contribution in [2.75, 3.05) is 11.5 Å². The molecule has 1 heterocycles. The number of aromatic nitrogens is 2. The highest BCUT2D eigenvalue weighted by molar-refractivity contribution is 7.91. The first-order chi connectivity index (χ1) is 7.44. The number of carbonyl (C=O) groups excluding carboxylic acids is 1. The van der Waals surface area contributed by atoms with Crippen LogP contribution in [0.3, 0.4) is 0 Å². The molecule has 0 aliphatic rings. The summed E-state index contributed by atoms with van der Waals surface area (Å²) in [4.78, 5) is 11.6. The Labute approximate surface area is 95.4 Å². The topological polar surface area (TPSA) is 69.0 Å². The molecule has 0 atom stereocenters. The smallest absolute Gasteiger partial charge is 0.166 e. The van der Waals surface area contributed by atoms with E-state index in [9.17, 15) is 13.2 Å². The first kappa shape index (κ1) is 12.9.